The molecule has 0 unspecified atom stereocenters. The second-order valence-electron chi connectivity index (χ2n) is 6.10. The van der Waals surface area contributed by atoms with Crippen LogP contribution in [0, 0.1) is 0 Å². The summed E-state index contributed by atoms with van der Waals surface area (Å²) in [6.07, 6.45) is 0. The van der Waals surface area contributed by atoms with Crippen LogP contribution in [0.2, 0.25) is 4.34 Å². The molecule has 28 heavy (non-hydrogen) atoms. The first-order valence-electron chi connectivity index (χ1n) is 7.90. The molecule has 5 N–H and O–H groups in total. The molecule has 0 saturated heterocycles. The molecule has 4 aromatic heterocycles. The maximum atomic E-state index is 12.6. The zero-order valence-corrected chi connectivity index (χ0v) is 16.1. The number of nitrogens with one attached hydrogen (secondary N) is 3. The van der Waals surface area contributed by atoms with Gasteiger partial charge in [0.05, 0.1) is 25.9 Å². The van der Waals surface area contributed by atoms with Crippen LogP contribution in [0.4, 0.5) is 5.82 Å². The zero-order chi connectivity index (χ0) is 20.3. The van der Waals surface area contributed by atoms with Gasteiger partial charge in [-0.25, -0.2) is 9.59 Å². The van der Waals surface area contributed by atoms with Gasteiger partial charge >= 0.3 is 11.4 Å². The Kier molecular flexibility index (Phi) is 3.94. The van der Waals surface area contributed by atoms with Crippen LogP contribution in [0.1, 0.15) is 0 Å². The van der Waals surface area contributed by atoms with Crippen LogP contribution in [-0.2, 0) is 14.1 Å². The van der Waals surface area contributed by atoms with E-state index in [1.165, 1.54) is 30.0 Å². The number of fused-ring (bicyclic) bond motifs is 1. The summed E-state index contributed by atoms with van der Waals surface area (Å²) in [5.41, 5.74) is 4.02. The van der Waals surface area contributed by atoms with Crippen molar-refractivity contribution in [2.75, 3.05) is 5.73 Å². The Bertz CT molecular complexity index is 1500. The number of nitrogens with zero attached hydrogens (tertiary/aromatic N) is 2. The Morgan fingerprint density at radius 1 is 0.929 bits per heavy atom. The quantitative estimate of drug-likeness (QED) is 0.373. The molecule has 10 nitrogen and oxygen atoms in total. The number of hydrogen-bond donors (Lipinski definition) is 4. The number of nitrogen functional groups attached to an aromatic ring is 1. The second kappa shape index (κ2) is 6.11. The Labute approximate surface area is 163 Å². The molecule has 0 radical (unpaired) electrons. The molecule has 12 heteroatoms. The van der Waals surface area contributed by atoms with Crippen molar-refractivity contribution in [1.29, 1.82) is 0 Å². The maximum absolute atomic E-state index is 12.6. The van der Waals surface area contributed by atoms with E-state index in [4.69, 9.17) is 17.3 Å². The van der Waals surface area contributed by atoms with Gasteiger partial charge in [0.1, 0.15) is 11.5 Å². The van der Waals surface area contributed by atoms with Crippen molar-refractivity contribution in [3.63, 3.8) is 0 Å². The minimum absolute atomic E-state index is 0.0583. The summed E-state index contributed by atoms with van der Waals surface area (Å²) in [5.74, 6) is -0.119. The molecule has 4 rings (SSSR count). The molecular weight excluding hydrogens is 408 g/mol. The fourth-order valence-corrected chi connectivity index (χ4v) is 4.12. The summed E-state index contributed by atoms with van der Waals surface area (Å²) in [6, 6.07) is 3.37. The molecule has 0 atom stereocenters. The van der Waals surface area contributed by atoms with E-state index in [1.807, 2.05) is 0 Å². The van der Waals surface area contributed by atoms with Crippen LogP contribution >= 0.6 is 22.9 Å². The van der Waals surface area contributed by atoms with Crippen LogP contribution in [-0.4, -0.2) is 24.1 Å². The van der Waals surface area contributed by atoms with Crippen molar-refractivity contribution in [3.8, 4) is 21.7 Å². The predicted octanol–water partition coefficient (Wildman–Crippen LogP) is 0.573. The number of halogens is 1. The van der Waals surface area contributed by atoms with Gasteiger partial charge in [-0.3, -0.25) is 28.7 Å². The highest BCUT2D eigenvalue weighted by molar-refractivity contribution is 7.19. The van der Waals surface area contributed by atoms with Gasteiger partial charge in [0.15, 0.2) is 0 Å². The van der Waals surface area contributed by atoms with Crippen molar-refractivity contribution in [2.24, 2.45) is 14.1 Å². The lowest BCUT2D eigenvalue weighted by atomic mass is 10.0. The highest BCUT2D eigenvalue weighted by Gasteiger charge is 2.25. The van der Waals surface area contributed by atoms with Crippen molar-refractivity contribution < 1.29 is 0 Å². The predicted molar refractivity (Wildman–Crippen MR) is 108 cm³/mol. The highest BCUT2D eigenvalue weighted by Crippen LogP contribution is 2.40. The molecule has 0 amide bonds. The van der Waals surface area contributed by atoms with E-state index in [1.54, 1.807) is 12.1 Å². The normalized spacial score (nSPS) is 11.4. The lowest BCUT2D eigenvalue weighted by Crippen LogP contribution is -2.32. The number of hydrogen-bond acceptors (Lipinski definition) is 6. The molecule has 0 saturated carbocycles. The molecule has 0 aliphatic rings. The van der Waals surface area contributed by atoms with E-state index in [0.29, 0.717) is 14.9 Å². The minimum Gasteiger partial charge on any atom is -0.384 e. The highest BCUT2D eigenvalue weighted by atomic mass is 35.5. The fraction of sp³-hybridized carbons (Fsp3) is 0.125. The summed E-state index contributed by atoms with van der Waals surface area (Å²) < 4.78 is 2.77. The molecule has 0 fully saturated rings. The monoisotopic (exact) mass is 420 g/mol. The number of aromatic amines is 3. The summed E-state index contributed by atoms with van der Waals surface area (Å²) in [4.78, 5) is 57.2. The van der Waals surface area contributed by atoms with Gasteiger partial charge in [-0.2, -0.15) is 0 Å². The smallest absolute Gasteiger partial charge is 0.329 e. The Morgan fingerprint density at radius 2 is 1.57 bits per heavy atom. The molecular formula is C16H13ClN6O4S. The molecule has 4 aromatic rings. The van der Waals surface area contributed by atoms with Gasteiger partial charge in [-0.15, -0.1) is 11.3 Å². The summed E-state index contributed by atoms with van der Waals surface area (Å²) >= 11 is 7.26. The summed E-state index contributed by atoms with van der Waals surface area (Å²) in [6.45, 7) is 0. The number of anilines is 1. The van der Waals surface area contributed by atoms with E-state index in [9.17, 15) is 19.2 Å². The lowest BCUT2D eigenvalue weighted by Gasteiger charge is -2.09. The van der Waals surface area contributed by atoms with Crippen LogP contribution < -0.4 is 28.2 Å². The number of nitrogens with two attached hydrogens (primary N) is 1. The van der Waals surface area contributed by atoms with E-state index < -0.39 is 22.5 Å². The second-order valence-corrected chi connectivity index (χ2v) is 7.81. The topological polar surface area (TPSA) is 152 Å². The SMILES string of the molecule is Cn1c(N)c(-c2c(-c3ccc(Cl)s3)[nH]c3c2c(=O)[nH]c(=O)n3C)c(=O)[nH]c1=O. The van der Waals surface area contributed by atoms with E-state index in [2.05, 4.69) is 15.0 Å². The molecule has 0 aliphatic carbocycles. The van der Waals surface area contributed by atoms with Crippen molar-refractivity contribution in [1.82, 2.24) is 24.1 Å². The minimum atomic E-state index is -0.751. The van der Waals surface area contributed by atoms with Gasteiger partial charge in [-0.1, -0.05) is 11.6 Å². The molecule has 144 valence electrons. The zero-order valence-electron chi connectivity index (χ0n) is 14.5. The Morgan fingerprint density at radius 3 is 2.21 bits per heavy atom. The number of aryl methyl sites for hydroxylation is 1. The molecule has 0 bridgehead atoms. The first-order valence-corrected chi connectivity index (χ1v) is 9.10. The first kappa shape index (κ1) is 18.1. The van der Waals surface area contributed by atoms with Gasteiger partial charge in [-0.05, 0) is 12.1 Å². The van der Waals surface area contributed by atoms with Crippen molar-refractivity contribution >= 4 is 39.8 Å². The van der Waals surface area contributed by atoms with E-state index >= 15 is 0 Å². The van der Waals surface area contributed by atoms with Gasteiger partial charge in [0.2, 0.25) is 0 Å². The third-order valence-electron chi connectivity index (χ3n) is 4.51. The Hall–Kier alpha value is -3.31. The van der Waals surface area contributed by atoms with Crippen LogP contribution in [0.3, 0.4) is 0 Å². The van der Waals surface area contributed by atoms with Gasteiger partial charge < -0.3 is 10.7 Å². The van der Waals surface area contributed by atoms with Crippen LogP contribution in [0.5, 0.6) is 0 Å². The van der Waals surface area contributed by atoms with Crippen LogP contribution in [0.15, 0.2) is 31.3 Å². The largest absolute Gasteiger partial charge is 0.384 e. The van der Waals surface area contributed by atoms with Crippen LogP contribution in [0.25, 0.3) is 32.7 Å². The first-order chi connectivity index (χ1) is 13.2. The van der Waals surface area contributed by atoms with Gasteiger partial charge in [0.25, 0.3) is 11.1 Å². The molecule has 0 aromatic carbocycles. The molecule has 4 heterocycles. The fourth-order valence-electron chi connectivity index (χ4n) is 3.07. The standard InChI is InChI=1S/C16H13ClN6O4S/c1-22-11(18)8(13(24)20-15(22)26)7-9-12(23(2)16(27)21-14(9)25)19-10(7)5-3-4-6(17)28-5/h3-4,19H,18H2,1-2H3,(H,20,24,26)(H,21,25,27). The van der Waals surface area contributed by atoms with Crippen molar-refractivity contribution in [3.05, 3.63) is 58.1 Å². The lowest BCUT2D eigenvalue weighted by molar-refractivity contribution is 0.815. The molecule has 0 spiro atoms. The maximum Gasteiger partial charge on any atom is 0.329 e. The third-order valence-corrected chi connectivity index (χ3v) is 5.76. The number of thiophene rings is 1. The van der Waals surface area contributed by atoms with Gasteiger partial charge in [0, 0.05) is 19.7 Å². The number of rotatable bonds is 2. The number of H-pyrrole nitrogens is 3. The summed E-state index contributed by atoms with van der Waals surface area (Å²) in [7, 11) is 2.87. The average Bonchev–Trinajstić information content (AvgIpc) is 3.22. The van der Waals surface area contributed by atoms with E-state index in [-0.39, 0.29) is 28.0 Å². The third kappa shape index (κ3) is 2.47. The Balaban J connectivity index is 2.29. The number of aromatic nitrogens is 5. The molecule has 0 aliphatic heterocycles. The van der Waals surface area contributed by atoms with Crippen molar-refractivity contribution in [2.45, 2.75) is 0 Å². The average molecular weight is 421 g/mol. The van der Waals surface area contributed by atoms with E-state index in [0.717, 1.165) is 4.57 Å². The summed E-state index contributed by atoms with van der Waals surface area (Å²) in [5, 5.41) is 0.0671.